The number of rotatable bonds is 7. The molecule has 0 fully saturated rings. The highest BCUT2D eigenvalue weighted by atomic mass is 16.5. The smallest absolute Gasteiger partial charge is 0.306 e. The molecule has 1 aromatic heterocycles. The molecule has 0 spiro atoms. The molecule has 0 aliphatic heterocycles. The molecule has 0 aliphatic rings. The molecule has 2 aromatic rings. The number of esters is 1. The quantitative estimate of drug-likeness (QED) is 0.738. The molecule has 1 aromatic carbocycles. The molecule has 5 heteroatoms. The molecule has 1 heterocycles. The van der Waals surface area contributed by atoms with E-state index < -0.39 is 0 Å². The van der Waals surface area contributed by atoms with Gasteiger partial charge in [-0.2, -0.15) is 0 Å². The summed E-state index contributed by atoms with van der Waals surface area (Å²) in [5.41, 5.74) is 1.97. The van der Waals surface area contributed by atoms with Gasteiger partial charge in [0.1, 0.15) is 0 Å². The Balaban J connectivity index is 2.34. The van der Waals surface area contributed by atoms with Gasteiger partial charge < -0.3 is 18.8 Å². The first-order chi connectivity index (χ1) is 10.7. The Morgan fingerprint density at radius 3 is 2.32 bits per heavy atom. The van der Waals surface area contributed by atoms with Crippen LogP contribution in [0.2, 0.25) is 0 Å². The minimum absolute atomic E-state index is 0.198. The minimum Gasteiger partial charge on any atom is -0.493 e. The Labute approximate surface area is 130 Å². The summed E-state index contributed by atoms with van der Waals surface area (Å²) in [7, 11) is 3.21. The zero-order chi connectivity index (χ0) is 15.9. The van der Waals surface area contributed by atoms with Gasteiger partial charge in [-0.1, -0.05) is 0 Å². The molecule has 0 bridgehead atoms. The minimum atomic E-state index is -0.198. The van der Waals surface area contributed by atoms with Crippen LogP contribution in [0.5, 0.6) is 11.5 Å². The van der Waals surface area contributed by atoms with Crippen molar-refractivity contribution in [3.8, 4) is 17.2 Å². The Morgan fingerprint density at radius 1 is 1.09 bits per heavy atom. The molecular formula is C17H21NO4. The van der Waals surface area contributed by atoms with E-state index in [9.17, 15) is 4.79 Å². The van der Waals surface area contributed by atoms with Gasteiger partial charge in [-0.05, 0) is 37.1 Å². The van der Waals surface area contributed by atoms with Gasteiger partial charge in [-0.25, -0.2) is 0 Å². The molecule has 5 nitrogen and oxygen atoms in total. The predicted octanol–water partition coefficient (Wildman–Crippen LogP) is 2.99. The second kappa shape index (κ2) is 7.54. The maximum atomic E-state index is 11.6. The molecule has 0 atom stereocenters. The average Bonchev–Trinajstić information content (AvgIpc) is 3.06. The number of carbonyl (C=O) groups is 1. The van der Waals surface area contributed by atoms with Crippen molar-refractivity contribution in [1.82, 2.24) is 4.57 Å². The number of nitrogens with zero attached hydrogens (tertiary/aromatic N) is 1. The lowest BCUT2D eigenvalue weighted by Gasteiger charge is -2.15. The maximum Gasteiger partial charge on any atom is 0.306 e. The maximum absolute atomic E-state index is 11.6. The van der Waals surface area contributed by atoms with Gasteiger partial charge >= 0.3 is 5.97 Å². The van der Waals surface area contributed by atoms with Gasteiger partial charge in [0.2, 0.25) is 0 Å². The molecule has 0 N–H and O–H groups in total. The van der Waals surface area contributed by atoms with E-state index in [4.69, 9.17) is 14.2 Å². The van der Waals surface area contributed by atoms with Gasteiger partial charge in [0, 0.05) is 24.9 Å². The fraction of sp³-hybridized carbons (Fsp3) is 0.353. The van der Waals surface area contributed by atoms with Crippen LogP contribution in [0.4, 0.5) is 0 Å². The lowest BCUT2D eigenvalue weighted by Crippen LogP contribution is -2.07. The average molecular weight is 303 g/mol. The van der Waals surface area contributed by atoms with Crippen molar-refractivity contribution in [2.45, 2.75) is 19.8 Å². The third kappa shape index (κ3) is 3.61. The van der Waals surface area contributed by atoms with Crippen molar-refractivity contribution < 1.29 is 19.0 Å². The van der Waals surface area contributed by atoms with Crippen molar-refractivity contribution >= 4 is 5.97 Å². The summed E-state index contributed by atoms with van der Waals surface area (Å²) in [5, 5.41) is 0. The zero-order valence-electron chi connectivity index (χ0n) is 13.2. The Hall–Kier alpha value is -2.43. The molecule has 0 radical (unpaired) electrons. The van der Waals surface area contributed by atoms with E-state index in [0.717, 1.165) is 11.3 Å². The van der Waals surface area contributed by atoms with Crippen LogP contribution in [-0.2, 0) is 16.0 Å². The van der Waals surface area contributed by atoms with Gasteiger partial charge in [0.05, 0.1) is 26.5 Å². The van der Waals surface area contributed by atoms with Crippen molar-refractivity contribution in [3.63, 3.8) is 0 Å². The van der Waals surface area contributed by atoms with Crippen LogP contribution in [0.15, 0.2) is 36.7 Å². The number of benzene rings is 1. The van der Waals surface area contributed by atoms with Crippen LogP contribution >= 0.6 is 0 Å². The summed E-state index contributed by atoms with van der Waals surface area (Å²) in [4.78, 5) is 11.6. The molecule has 0 saturated carbocycles. The molecule has 2 rings (SSSR count). The second-order valence-electron chi connectivity index (χ2n) is 4.73. The van der Waals surface area contributed by atoms with Gasteiger partial charge in [0.25, 0.3) is 0 Å². The molecule has 118 valence electrons. The largest absolute Gasteiger partial charge is 0.493 e. The van der Waals surface area contributed by atoms with Crippen molar-refractivity contribution in [2.24, 2.45) is 0 Å². The molecule has 0 aliphatic carbocycles. The lowest BCUT2D eigenvalue weighted by atomic mass is 10.1. The number of ether oxygens (including phenoxy) is 3. The van der Waals surface area contributed by atoms with E-state index in [1.807, 2.05) is 41.2 Å². The number of carbonyl (C=O) groups excluding carboxylic acids is 1. The Morgan fingerprint density at radius 2 is 1.73 bits per heavy atom. The molecule has 22 heavy (non-hydrogen) atoms. The van der Waals surface area contributed by atoms with Crippen LogP contribution in [-0.4, -0.2) is 31.4 Å². The predicted molar refractivity (Wildman–Crippen MR) is 83.8 cm³/mol. The molecule has 0 unspecified atom stereocenters. The van der Waals surface area contributed by atoms with Gasteiger partial charge in [-0.3, -0.25) is 4.79 Å². The number of hydrogen-bond acceptors (Lipinski definition) is 4. The van der Waals surface area contributed by atoms with Crippen LogP contribution in [0.3, 0.4) is 0 Å². The highest BCUT2D eigenvalue weighted by Crippen LogP contribution is 2.33. The fourth-order valence-corrected chi connectivity index (χ4v) is 2.32. The molecule has 0 saturated heterocycles. The van der Waals surface area contributed by atoms with Gasteiger partial charge in [-0.15, -0.1) is 0 Å². The summed E-state index contributed by atoms with van der Waals surface area (Å²) in [5.74, 6) is 1.11. The highest BCUT2D eigenvalue weighted by Gasteiger charge is 2.14. The number of aromatic nitrogens is 1. The summed E-state index contributed by atoms with van der Waals surface area (Å²) in [6.07, 6.45) is 4.81. The standard InChI is InChI=1S/C17H21NO4/c1-4-22-17(19)8-7-13-11-15(20-2)16(21-3)12-14(13)18-9-5-6-10-18/h5-6,9-12H,4,7-8H2,1-3H3. The van der Waals surface area contributed by atoms with Crippen molar-refractivity contribution in [1.29, 1.82) is 0 Å². The normalized spacial score (nSPS) is 10.3. The van der Waals surface area contributed by atoms with E-state index in [0.29, 0.717) is 30.9 Å². The SMILES string of the molecule is CCOC(=O)CCc1cc(OC)c(OC)cc1-n1cccc1. The van der Waals surface area contributed by atoms with Crippen LogP contribution < -0.4 is 9.47 Å². The third-order valence-corrected chi connectivity index (χ3v) is 3.37. The van der Waals surface area contributed by atoms with E-state index in [1.54, 1.807) is 21.1 Å². The zero-order valence-corrected chi connectivity index (χ0v) is 13.2. The Bertz CT molecular complexity index is 620. The molecular weight excluding hydrogens is 282 g/mol. The summed E-state index contributed by atoms with van der Waals surface area (Å²) < 4.78 is 17.7. The van der Waals surface area contributed by atoms with E-state index in [1.165, 1.54) is 0 Å². The number of hydrogen-bond donors (Lipinski definition) is 0. The third-order valence-electron chi connectivity index (χ3n) is 3.37. The Kier molecular flexibility index (Phi) is 5.47. The highest BCUT2D eigenvalue weighted by molar-refractivity contribution is 5.70. The van der Waals surface area contributed by atoms with E-state index >= 15 is 0 Å². The second-order valence-corrected chi connectivity index (χ2v) is 4.73. The van der Waals surface area contributed by atoms with Crippen LogP contribution in [0.25, 0.3) is 5.69 Å². The van der Waals surface area contributed by atoms with E-state index in [-0.39, 0.29) is 5.97 Å². The first kappa shape index (κ1) is 15.9. The van der Waals surface area contributed by atoms with Gasteiger partial charge in [0.15, 0.2) is 11.5 Å². The molecule has 0 amide bonds. The number of aryl methyl sites for hydroxylation is 1. The number of methoxy groups -OCH3 is 2. The topological polar surface area (TPSA) is 49.7 Å². The van der Waals surface area contributed by atoms with Crippen LogP contribution in [0, 0.1) is 0 Å². The lowest BCUT2D eigenvalue weighted by molar-refractivity contribution is -0.143. The summed E-state index contributed by atoms with van der Waals surface area (Å²) in [6.45, 7) is 2.20. The fourth-order valence-electron chi connectivity index (χ4n) is 2.32. The van der Waals surface area contributed by atoms with Crippen LogP contribution in [0.1, 0.15) is 18.9 Å². The van der Waals surface area contributed by atoms with Crippen molar-refractivity contribution in [2.75, 3.05) is 20.8 Å². The first-order valence-corrected chi connectivity index (χ1v) is 7.23. The van der Waals surface area contributed by atoms with E-state index in [2.05, 4.69) is 0 Å². The van der Waals surface area contributed by atoms with Crippen molar-refractivity contribution in [3.05, 3.63) is 42.2 Å². The summed E-state index contributed by atoms with van der Waals surface area (Å²) >= 11 is 0. The first-order valence-electron chi connectivity index (χ1n) is 7.23. The monoisotopic (exact) mass is 303 g/mol. The summed E-state index contributed by atoms with van der Waals surface area (Å²) in [6, 6.07) is 7.73.